The van der Waals surface area contributed by atoms with Gasteiger partial charge in [0.25, 0.3) is 0 Å². The highest BCUT2D eigenvalue weighted by Crippen LogP contribution is 2.15. The standard InChI is InChI=1S/C9H7BrIN/c10-4-3-8-2-1-7(6-12)5-9(8)11/h1-2,5H,3-4H2. The second-order valence-corrected chi connectivity index (χ2v) is 4.31. The number of nitriles is 1. The molecule has 62 valence electrons. The Morgan fingerprint density at radius 3 is 2.75 bits per heavy atom. The van der Waals surface area contributed by atoms with Crippen LogP contribution in [0.4, 0.5) is 0 Å². The van der Waals surface area contributed by atoms with Crippen LogP contribution in [0, 0.1) is 14.9 Å². The first-order valence-electron chi connectivity index (χ1n) is 3.52. The number of rotatable bonds is 2. The molecule has 0 aliphatic rings. The third-order valence-corrected chi connectivity index (χ3v) is 2.95. The fraction of sp³-hybridized carbons (Fsp3) is 0.222. The van der Waals surface area contributed by atoms with Gasteiger partial charge in [-0.25, -0.2) is 0 Å². The molecule has 0 radical (unpaired) electrons. The van der Waals surface area contributed by atoms with E-state index in [2.05, 4.69) is 44.6 Å². The highest BCUT2D eigenvalue weighted by atomic mass is 127. The van der Waals surface area contributed by atoms with E-state index in [9.17, 15) is 0 Å². The zero-order valence-corrected chi connectivity index (χ0v) is 10.1. The van der Waals surface area contributed by atoms with E-state index in [1.54, 1.807) is 0 Å². The van der Waals surface area contributed by atoms with Crippen LogP contribution >= 0.6 is 38.5 Å². The van der Waals surface area contributed by atoms with Crippen molar-refractivity contribution in [2.75, 3.05) is 5.33 Å². The lowest BCUT2D eigenvalue weighted by Crippen LogP contribution is -1.90. The minimum atomic E-state index is 0.734. The maximum absolute atomic E-state index is 8.62. The summed E-state index contributed by atoms with van der Waals surface area (Å²) < 4.78 is 1.17. The Morgan fingerprint density at radius 2 is 2.25 bits per heavy atom. The number of alkyl halides is 1. The molecule has 0 amide bonds. The van der Waals surface area contributed by atoms with Crippen LogP contribution in [0.1, 0.15) is 11.1 Å². The zero-order valence-electron chi connectivity index (χ0n) is 6.35. The van der Waals surface area contributed by atoms with Crippen LogP contribution in [-0.4, -0.2) is 5.33 Å². The lowest BCUT2D eigenvalue weighted by molar-refractivity contribution is 1.15. The predicted molar refractivity (Wildman–Crippen MR) is 61.4 cm³/mol. The van der Waals surface area contributed by atoms with Crippen LogP contribution in [0.3, 0.4) is 0 Å². The van der Waals surface area contributed by atoms with Crippen molar-refractivity contribution in [1.82, 2.24) is 0 Å². The molecule has 0 bridgehead atoms. The maximum atomic E-state index is 8.62. The van der Waals surface area contributed by atoms with Crippen molar-refractivity contribution in [3.8, 4) is 6.07 Å². The third kappa shape index (κ3) is 2.46. The largest absolute Gasteiger partial charge is 0.192 e. The summed E-state index contributed by atoms with van der Waals surface area (Å²) >= 11 is 5.65. The van der Waals surface area contributed by atoms with Crippen LogP contribution in [0.25, 0.3) is 0 Å². The monoisotopic (exact) mass is 335 g/mol. The normalized spacial score (nSPS) is 9.42. The molecule has 1 aromatic carbocycles. The smallest absolute Gasteiger partial charge is 0.0991 e. The molecule has 0 fully saturated rings. The van der Waals surface area contributed by atoms with Crippen molar-refractivity contribution in [2.24, 2.45) is 0 Å². The Bertz CT molecular complexity index is 317. The molecule has 1 nitrogen and oxygen atoms in total. The highest BCUT2D eigenvalue weighted by Gasteiger charge is 1.99. The van der Waals surface area contributed by atoms with Crippen molar-refractivity contribution in [2.45, 2.75) is 6.42 Å². The average Bonchev–Trinajstić information content (AvgIpc) is 2.09. The van der Waals surface area contributed by atoms with E-state index in [4.69, 9.17) is 5.26 Å². The van der Waals surface area contributed by atoms with E-state index >= 15 is 0 Å². The molecular weight excluding hydrogens is 329 g/mol. The van der Waals surface area contributed by atoms with Gasteiger partial charge in [0.15, 0.2) is 0 Å². The molecular formula is C9H7BrIN. The summed E-state index contributed by atoms with van der Waals surface area (Å²) in [7, 11) is 0. The molecule has 12 heavy (non-hydrogen) atoms. The van der Waals surface area contributed by atoms with Crippen molar-refractivity contribution >= 4 is 38.5 Å². The molecule has 1 rings (SSSR count). The number of benzene rings is 1. The lowest BCUT2D eigenvalue weighted by Gasteiger charge is -2.01. The lowest BCUT2D eigenvalue weighted by atomic mass is 10.1. The van der Waals surface area contributed by atoms with E-state index in [0.29, 0.717) is 0 Å². The van der Waals surface area contributed by atoms with E-state index < -0.39 is 0 Å². The van der Waals surface area contributed by atoms with E-state index in [-0.39, 0.29) is 0 Å². The first-order chi connectivity index (χ1) is 5.77. The fourth-order valence-corrected chi connectivity index (χ4v) is 2.13. The molecule has 0 saturated heterocycles. The number of hydrogen-bond acceptors (Lipinski definition) is 1. The molecule has 0 unspecified atom stereocenters. The molecule has 0 aliphatic heterocycles. The minimum Gasteiger partial charge on any atom is -0.192 e. The van der Waals surface area contributed by atoms with Gasteiger partial charge in [0, 0.05) is 8.90 Å². The second kappa shape index (κ2) is 4.83. The molecule has 0 aromatic heterocycles. The van der Waals surface area contributed by atoms with Gasteiger partial charge in [0.05, 0.1) is 11.6 Å². The molecule has 0 spiro atoms. The summed E-state index contributed by atoms with van der Waals surface area (Å²) in [5.41, 5.74) is 2.03. The topological polar surface area (TPSA) is 23.8 Å². The number of nitrogens with zero attached hydrogens (tertiary/aromatic N) is 1. The molecule has 0 N–H and O–H groups in total. The fourth-order valence-electron chi connectivity index (χ4n) is 0.921. The van der Waals surface area contributed by atoms with Gasteiger partial charge in [-0.15, -0.1) is 0 Å². The maximum Gasteiger partial charge on any atom is 0.0991 e. The Kier molecular flexibility index (Phi) is 4.02. The van der Waals surface area contributed by atoms with Crippen LogP contribution in [0.2, 0.25) is 0 Å². The number of halogens is 2. The van der Waals surface area contributed by atoms with Gasteiger partial charge in [-0.1, -0.05) is 22.0 Å². The van der Waals surface area contributed by atoms with Crippen molar-refractivity contribution in [1.29, 1.82) is 5.26 Å². The van der Waals surface area contributed by atoms with Gasteiger partial charge in [-0.05, 0) is 46.7 Å². The molecule has 0 heterocycles. The summed E-state index contributed by atoms with van der Waals surface area (Å²) in [6.45, 7) is 0. The first-order valence-corrected chi connectivity index (χ1v) is 5.72. The van der Waals surface area contributed by atoms with Crippen LogP contribution in [0.15, 0.2) is 18.2 Å². The summed E-state index contributed by atoms with van der Waals surface area (Å²) in [4.78, 5) is 0. The molecule has 0 saturated carbocycles. The molecule has 1 aromatic rings. The highest BCUT2D eigenvalue weighted by molar-refractivity contribution is 14.1. The Morgan fingerprint density at radius 1 is 1.50 bits per heavy atom. The van der Waals surface area contributed by atoms with Gasteiger partial charge >= 0.3 is 0 Å². The molecule has 3 heteroatoms. The van der Waals surface area contributed by atoms with Crippen molar-refractivity contribution < 1.29 is 0 Å². The number of aryl methyl sites for hydroxylation is 1. The van der Waals surface area contributed by atoms with Gasteiger partial charge in [-0.3, -0.25) is 0 Å². The average molecular weight is 336 g/mol. The Hall–Kier alpha value is -0.0800. The van der Waals surface area contributed by atoms with Crippen LogP contribution in [0.5, 0.6) is 0 Å². The van der Waals surface area contributed by atoms with Crippen molar-refractivity contribution in [3.05, 3.63) is 32.9 Å². The summed E-state index contributed by atoms with van der Waals surface area (Å²) in [6, 6.07) is 7.91. The van der Waals surface area contributed by atoms with E-state index in [1.807, 2.05) is 18.2 Å². The quantitative estimate of drug-likeness (QED) is 0.602. The summed E-state index contributed by atoms with van der Waals surface area (Å²) in [6.07, 6.45) is 1.02. The van der Waals surface area contributed by atoms with Crippen molar-refractivity contribution in [3.63, 3.8) is 0 Å². The molecule has 0 aliphatic carbocycles. The SMILES string of the molecule is N#Cc1ccc(CCBr)c(I)c1. The number of hydrogen-bond donors (Lipinski definition) is 0. The Labute approximate surface area is 94.0 Å². The zero-order chi connectivity index (χ0) is 8.97. The second-order valence-electron chi connectivity index (χ2n) is 2.36. The first kappa shape index (κ1) is 10.0. The van der Waals surface area contributed by atoms with E-state index in [0.717, 1.165) is 17.3 Å². The van der Waals surface area contributed by atoms with Gasteiger partial charge in [-0.2, -0.15) is 5.26 Å². The van der Waals surface area contributed by atoms with Gasteiger partial charge in [0.2, 0.25) is 0 Å². The van der Waals surface area contributed by atoms with E-state index in [1.165, 1.54) is 9.13 Å². The van der Waals surface area contributed by atoms with Crippen LogP contribution in [-0.2, 0) is 6.42 Å². The predicted octanol–water partition coefficient (Wildman–Crippen LogP) is 3.10. The third-order valence-electron chi connectivity index (χ3n) is 1.55. The van der Waals surface area contributed by atoms with Gasteiger partial charge in [0.1, 0.15) is 0 Å². The van der Waals surface area contributed by atoms with Crippen LogP contribution < -0.4 is 0 Å². The summed E-state index contributed by atoms with van der Waals surface area (Å²) in [5, 5.41) is 9.59. The molecule has 0 atom stereocenters. The Balaban J connectivity index is 2.97. The summed E-state index contributed by atoms with van der Waals surface area (Å²) in [5.74, 6) is 0. The minimum absolute atomic E-state index is 0.734. The van der Waals surface area contributed by atoms with Gasteiger partial charge < -0.3 is 0 Å².